The molecule has 146 valence electrons. The van der Waals surface area contributed by atoms with Crippen molar-refractivity contribution in [2.24, 2.45) is 11.8 Å². The molecule has 0 spiro atoms. The summed E-state index contributed by atoms with van der Waals surface area (Å²) in [5.41, 5.74) is 0.980. The third-order valence-electron chi connectivity index (χ3n) is 5.28. The predicted octanol–water partition coefficient (Wildman–Crippen LogP) is 3.18. The number of anilines is 1. The molecule has 29 heavy (non-hydrogen) atoms. The summed E-state index contributed by atoms with van der Waals surface area (Å²) in [7, 11) is 0. The van der Waals surface area contributed by atoms with E-state index in [1.54, 1.807) is 42.5 Å². The van der Waals surface area contributed by atoms with Crippen molar-refractivity contribution in [1.82, 2.24) is 0 Å². The van der Waals surface area contributed by atoms with E-state index < -0.39 is 5.97 Å². The second kappa shape index (κ2) is 7.83. The number of Topliss-reactive ketones (excluding diaryl/α,β-unsaturated/α-hetero) is 1. The number of benzene rings is 2. The fourth-order valence-electron chi connectivity index (χ4n) is 3.75. The Morgan fingerprint density at radius 1 is 0.862 bits per heavy atom. The summed E-state index contributed by atoms with van der Waals surface area (Å²) in [6.45, 7) is -0.384. The molecule has 1 heterocycles. The molecule has 2 aromatic rings. The van der Waals surface area contributed by atoms with Gasteiger partial charge in [0, 0.05) is 5.56 Å². The number of amides is 2. The third kappa shape index (κ3) is 3.61. The van der Waals surface area contributed by atoms with Crippen molar-refractivity contribution in [2.45, 2.75) is 12.8 Å². The number of hydrogen-bond donors (Lipinski definition) is 0. The zero-order valence-electron chi connectivity index (χ0n) is 15.6. The van der Waals surface area contributed by atoms with Gasteiger partial charge in [0.15, 0.2) is 12.4 Å². The van der Waals surface area contributed by atoms with E-state index in [0.717, 1.165) is 4.90 Å². The predicted molar refractivity (Wildman–Crippen MR) is 105 cm³/mol. The Labute approximate surface area is 167 Å². The minimum atomic E-state index is -0.686. The molecule has 1 fully saturated rings. The van der Waals surface area contributed by atoms with Crippen molar-refractivity contribution in [1.29, 1.82) is 0 Å². The first kappa shape index (κ1) is 18.8. The maximum absolute atomic E-state index is 12.7. The minimum Gasteiger partial charge on any atom is -0.454 e. The molecule has 0 saturated carbocycles. The van der Waals surface area contributed by atoms with Gasteiger partial charge in [-0.25, -0.2) is 4.79 Å². The Balaban J connectivity index is 1.47. The average molecular weight is 389 g/mol. The first-order valence-corrected chi connectivity index (χ1v) is 9.44. The fourth-order valence-corrected chi connectivity index (χ4v) is 3.75. The van der Waals surface area contributed by atoms with Crippen LogP contribution in [0.1, 0.15) is 33.6 Å². The summed E-state index contributed by atoms with van der Waals surface area (Å²) >= 11 is 0. The maximum atomic E-state index is 12.7. The molecule has 0 bridgehead atoms. The molecule has 1 saturated heterocycles. The van der Waals surface area contributed by atoms with Crippen molar-refractivity contribution in [2.75, 3.05) is 11.5 Å². The largest absolute Gasteiger partial charge is 0.454 e. The van der Waals surface area contributed by atoms with Crippen LogP contribution in [0.3, 0.4) is 0 Å². The van der Waals surface area contributed by atoms with Crippen molar-refractivity contribution in [3.8, 4) is 0 Å². The van der Waals surface area contributed by atoms with Gasteiger partial charge in [0.1, 0.15) is 0 Å². The van der Waals surface area contributed by atoms with Gasteiger partial charge >= 0.3 is 5.97 Å². The minimum absolute atomic E-state index is 0.178. The van der Waals surface area contributed by atoms with Crippen LogP contribution >= 0.6 is 0 Å². The maximum Gasteiger partial charge on any atom is 0.338 e. The van der Waals surface area contributed by atoms with Gasteiger partial charge in [-0.15, -0.1) is 0 Å². The molecular formula is C23H19NO5. The highest BCUT2D eigenvalue weighted by Gasteiger charge is 2.47. The van der Waals surface area contributed by atoms with Gasteiger partial charge in [-0.3, -0.25) is 19.3 Å². The lowest BCUT2D eigenvalue weighted by Gasteiger charge is -2.15. The van der Waals surface area contributed by atoms with Crippen LogP contribution in [0, 0.1) is 11.8 Å². The molecule has 0 N–H and O–H groups in total. The molecule has 2 atom stereocenters. The number of imide groups is 1. The second-order valence-corrected chi connectivity index (χ2v) is 7.08. The van der Waals surface area contributed by atoms with Gasteiger partial charge in [0.05, 0.1) is 23.1 Å². The molecule has 6 nitrogen and oxygen atoms in total. The van der Waals surface area contributed by atoms with Crippen molar-refractivity contribution in [3.63, 3.8) is 0 Å². The van der Waals surface area contributed by atoms with E-state index in [1.807, 2.05) is 12.2 Å². The summed E-state index contributed by atoms with van der Waals surface area (Å²) < 4.78 is 5.12. The molecule has 2 amide bonds. The van der Waals surface area contributed by atoms with Gasteiger partial charge in [-0.1, -0.05) is 48.6 Å². The van der Waals surface area contributed by atoms with Crippen LogP contribution in [0.2, 0.25) is 0 Å². The highest BCUT2D eigenvalue weighted by molar-refractivity contribution is 6.22. The quantitative estimate of drug-likeness (QED) is 0.340. The highest BCUT2D eigenvalue weighted by Crippen LogP contribution is 2.37. The summed E-state index contributed by atoms with van der Waals surface area (Å²) in [5.74, 6) is -2.16. The number of rotatable bonds is 5. The smallest absolute Gasteiger partial charge is 0.338 e. The number of carbonyl (C=O) groups excluding carboxylic acids is 4. The summed E-state index contributed by atoms with van der Waals surface area (Å²) in [6, 6.07) is 14.7. The monoisotopic (exact) mass is 389 g/mol. The third-order valence-corrected chi connectivity index (χ3v) is 5.28. The number of allylic oxidation sites excluding steroid dienone is 2. The SMILES string of the molecule is O=C(COC(=O)c1cccc(N2C(=O)[C@H]3CC=CC[C@H]3C2=O)c1)c1ccccc1. The zero-order chi connectivity index (χ0) is 20.4. The van der Waals surface area contributed by atoms with Crippen LogP contribution in [-0.2, 0) is 14.3 Å². The van der Waals surface area contributed by atoms with E-state index in [4.69, 9.17) is 4.74 Å². The van der Waals surface area contributed by atoms with Crippen molar-refractivity contribution >= 4 is 29.3 Å². The van der Waals surface area contributed by atoms with Crippen molar-refractivity contribution in [3.05, 3.63) is 77.9 Å². The Bertz CT molecular complexity index is 985. The molecule has 6 heteroatoms. The van der Waals surface area contributed by atoms with Gasteiger partial charge < -0.3 is 4.74 Å². The van der Waals surface area contributed by atoms with Crippen molar-refractivity contribution < 1.29 is 23.9 Å². The Morgan fingerprint density at radius 3 is 2.14 bits per heavy atom. The second-order valence-electron chi connectivity index (χ2n) is 7.08. The van der Waals surface area contributed by atoms with Gasteiger partial charge in [0.2, 0.25) is 11.8 Å². The molecule has 4 rings (SSSR count). The van der Waals surface area contributed by atoms with Crippen LogP contribution in [0.15, 0.2) is 66.7 Å². The molecule has 0 aromatic heterocycles. The number of ketones is 1. The van der Waals surface area contributed by atoms with Gasteiger partial charge in [0.25, 0.3) is 0 Å². The molecule has 2 aromatic carbocycles. The topological polar surface area (TPSA) is 80.8 Å². The molecule has 1 aliphatic carbocycles. The number of fused-ring (bicyclic) bond motifs is 1. The summed E-state index contributed by atoms with van der Waals surface area (Å²) in [5, 5.41) is 0. The van der Waals surface area contributed by atoms with Crippen LogP contribution in [-0.4, -0.2) is 30.2 Å². The molecular weight excluding hydrogens is 370 g/mol. The van der Waals surface area contributed by atoms with Crippen LogP contribution in [0.5, 0.6) is 0 Å². The lowest BCUT2D eigenvalue weighted by atomic mass is 9.85. The Morgan fingerprint density at radius 2 is 1.48 bits per heavy atom. The molecule has 0 radical (unpaired) electrons. The molecule has 0 unspecified atom stereocenters. The average Bonchev–Trinajstić information content (AvgIpc) is 3.03. The fraction of sp³-hybridized carbons (Fsp3) is 0.217. The van der Waals surface area contributed by atoms with E-state index in [-0.39, 0.29) is 41.6 Å². The summed E-state index contributed by atoms with van der Waals surface area (Å²) in [4.78, 5) is 51.1. The van der Waals surface area contributed by atoms with E-state index in [1.165, 1.54) is 12.1 Å². The first-order valence-electron chi connectivity index (χ1n) is 9.44. The van der Waals surface area contributed by atoms with E-state index in [0.29, 0.717) is 24.1 Å². The van der Waals surface area contributed by atoms with Gasteiger partial charge in [-0.2, -0.15) is 0 Å². The van der Waals surface area contributed by atoms with E-state index >= 15 is 0 Å². The molecule has 1 aliphatic heterocycles. The van der Waals surface area contributed by atoms with Crippen LogP contribution in [0.4, 0.5) is 5.69 Å². The Kier molecular flexibility index (Phi) is 5.08. The first-order chi connectivity index (χ1) is 14.1. The summed E-state index contributed by atoms with van der Waals surface area (Å²) in [6.07, 6.45) is 4.95. The number of hydrogen-bond acceptors (Lipinski definition) is 5. The lowest BCUT2D eigenvalue weighted by molar-refractivity contribution is -0.122. The Hall–Kier alpha value is -3.54. The van der Waals surface area contributed by atoms with E-state index in [2.05, 4.69) is 0 Å². The zero-order valence-corrected chi connectivity index (χ0v) is 15.6. The number of carbonyl (C=O) groups is 4. The van der Waals surface area contributed by atoms with Gasteiger partial charge in [-0.05, 0) is 31.0 Å². The van der Waals surface area contributed by atoms with Crippen LogP contribution in [0.25, 0.3) is 0 Å². The number of esters is 1. The number of ether oxygens (including phenoxy) is 1. The number of nitrogens with zero attached hydrogens (tertiary/aromatic N) is 1. The normalized spacial score (nSPS) is 20.5. The molecule has 2 aliphatic rings. The van der Waals surface area contributed by atoms with E-state index in [9.17, 15) is 19.2 Å². The standard InChI is InChI=1S/C23H19NO5/c25-20(15-7-2-1-3-8-15)14-29-23(28)16-9-6-10-17(13-16)24-21(26)18-11-4-5-12-19(18)22(24)27/h1-10,13,18-19H,11-12,14H2/t18-,19+. The van der Waals surface area contributed by atoms with Crippen LogP contribution < -0.4 is 4.90 Å². The lowest BCUT2D eigenvalue weighted by Crippen LogP contribution is -2.31. The highest BCUT2D eigenvalue weighted by atomic mass is 16.5.